The van der Waals surface area contributed by atoms with Gasteiger partial charge < -0.3 is 0 Å². The van der Waals surface area contributed by atoms with E-state index in [9.17, 15) is 4.39 Å². The molecule has 0 amide bonds. The Hall–Kier alpha value is -6.38. The molecule has 1 heterocycles. The number of hydrogen-bond acceptors (Lipinski definition) is 1. The highest BCUT2D eigenvalue weighted by molar-refractivity contribution is 6.29. The lowest BCUT2D eigenvalue weighted by atomic mass is 9.82. The molecule has 49 heavy (non-hydrogen) atoms. The van der Waals surface area contributed by atoms with Gasteiger partial charge in [0.15, 0.2) is 0 Å². The average molecular weight is 626 g/mol. The Kier molecular flexibility index (Phi) is 6.13. The number of nitrogens with zero attached hydrogens (tertiary/aromatic N) is 1. The first-order valence-electron chi connectivity index (χ1n) is 16.7. The molecule has 0 aliphatic heterocycles. The molecular formula is C47H28FN. The summed E-state index contributed by atoms with van der Waals surface area (Å²) in [5.41, 5.74) is 14.1. The number of fused-ring (bicyclic) bond motifs is 5. The fraction of sp³-hybridized carbons (Fsp3) is 0. The van der Waals surface area contributed by atoms with Crippen LogP contribution in [0.4, 0.5) is 4.39 Å². The van der Waals surface area contributed by atoms with Gasteiger partial charge in [-0.3, -0.25) is 4.98 Å². The van der Waals surface area contributed by atoms with E-state index in [1.54, 1.807) is 0 Å². The van der Waals surface area contributed by atoms with Crippen molar-refractivity contribution in [3.8, 4) is 66.9 Å². The Morgan fingerprint density at radius 3 is 1.51 bits per heavy atom. The maximum absolute atomic E-state index is 13.8. The highest BCUT2D eigenvalue weighted by Gasteiger charge is 2.31. The molecule has 0 fully saturated rings. The Morgan fingerprint density at radius 1 is 0.327 bits per heavy atom. The molecule has 1 aromatic heterocycles. The minimum atomic E-state index is -0.237. The second-order valence-corrected chi connectivity index (χ2v) is 12.7. The Bertz CT molecular complexity index is 2660. The fourth-order valence-electron chi connectivity index (χ4n) is 8.12. The van der Waals surface area contributed by atoms with Gasteiger partial charge in [0.2, 0.25) is 0 Å². The van der Waals surface area contributed by atoms with Crippen LogP contribution in [0.3, 0.4) is 0 Å². The maximum atomic E-state index is 13.8. The van der Waals surface area contributed by atoms with E-state index in [0.29, 0.717) is 0 Å². The van der Waals surface area contributed by atoms with Gasteiger partial charge in [-0.25, -0.2) is 4.39 Å². The average Bonchev–Trinajstić information content (AvgIpc) is 3.49. The summed E-state index contributed by atoms with van der Waals surface area (Å²) in [6.07, 6.45) is 1.90. The summed E-state index contributed by atoms with van der Waals surface area (Å²) < 4.78 is 13.8. The molecule has 0 bridgehead atoms. The standard InChI is InChI=1S/C47H28FN/c48-32-23-21-29(22-24-32)33-17-9-19-38-34(33)27-28-49-47(38)39-25-26-41-44-37(39)18-10-20-40(44)45-42(30-11-3-1-4-12-30)35-15-7-8-16-36(35)43(46(41)45)31-13-5-2-6-14-31/h1-28H. The van der Waals surface area contributed by atoms with E-state index >= 15 is 0 Å². The van der Waals surface area contributed by atoms with Crippen LogP contribution >= 0.6 is 0 Å². The summed E-state index contributed by atoms with van der Waals surface area (Å²) in [6, 6.07) is 56.9. The van der Waals surface area contributed by atoms with Gasteiger partial charge in [-0.2, -0.15) is 0 Å². The van der Waals surface area contributed by atoms with E-state index in [-0.39, 0.29) is 5.82 Å². The van der Waals surface area contributed by atoms with Crippen LogP contribution in [-0.2, 0) is 0 Å². The zero-order chi connectivity index (χ0) is 32.5. The van der Waals surface area contributed by atoms with Crippen molar-refractivity contribution in [2.45, 2.75) is 0 Å². The lowest BCUT2D eigenvalue weighted by Crippen LogP contribution is -1.93. The van der Waals surface area contributed by atoms with Crippen molar-refractivity contribution in [2.75, 3.05) is 0 Å². The van der Waals surface area contributed by atoms with Crippen LogP contribution in [0.2, 0.25) is 0 Å². The lowest BCUT2D eigenvalue weighted by molar-refractivity contribution is 0.628. The molecule has 1 nitrogen and oxygen atoms in total. The van der Waals surface area contributed by atoms with Crippen LogP contribution in [0, 0.1) is 5.82 Å². The Morgan fingerprint density at radius 2 is 0.857 bits per heavy atom. The van der Waals surface area contributed by atoms with Crippen molar-refractivity contribution < 1.29 is 4.39 Å². The third kappa shape index (κ3) is 4.14. The van der Waals surface area contributed by atoms with E-state index in [4.69, 9.17) is 4.98 Å². The summed E-state index contributed by atoms with van der Waals surface area (Å²) >= 11 is 0. The van der Waals surface area contributed by atoms with E-state index in [0.717, 1.165) is 33.2 Å². The second kappa shape index (κ2) is 10.8. The molecule has 9 aromatic rings. The van der Waals surface area contributed by atoms with Crippen LogP contribution < -0.4 is 0 Å². The molecular weight excluding hydrogens is 598 g/mol. The van der Waals surface area contributed by atoms with Crippen molar-refractivity contribution in [1.29, 1.82) is 0 Å². The largest absolute Gasteiger partial charge is 0.256 e. The van der Waals surface area contributed by atoms with Crippen LogP contribution in [0.5, 0.6) is 0 Å². The highest BCUT2D eigenvalue weighted by Crippen LogP contribution is 2.58. The van der Waals surface area contributed by atoms with Crippen molar-refractivity contribution in [2.24, 2.45) is 0 Å². The predicted octanol–water partition coefficient (Wildman–Crippen LogP) is 13.0. The predicted molar refractivity (Wildman–Crippen MR) is 203 cm³/mol. The molecule has 228 valence electrons. The topological polar surface area (TPSA) is 12.9 Å². The summed E-state index contributed by atoms with van der Waals surface area (Å²) in [7, 11) is 0. The summed E-state index contributed by atoms with van der Waals surface area (Å²) in [5, 5.41) is 7.10. The molecule has 1 aliphatic carbocycles. The van der Waals surface area contributed by atoms with Gasteiger partial charge in [-0.15, -0.1) is 0 Å². The number of aromatic nitrogens is 1. The van der Waals surface area contributed by atoms with Gasteiger partial charge in [-0.05, 0) is 101 Å². The number of benzene rings is 8. The van der Waals surface area contributed by atoms with E-state index in [1.807, 2.05) is 18.3 Å². The van der Waals surface area contributed by atoms with Crippen molar-refractivity contribution in [3.63, 3.8) is 0 Å². The van der Waals surface area contributed by atoms with Crippen LogP contribution in [0.15, 0.2) is 170 Å². The summed E-state index contributed by atoms with van der Waals surface area (Å²) in [6.45, 7) is 0. The number of hydrogen-bond donors (Lipinski definition) is 0. The van der Waals surface area contributed by atoms with Gasteiger partial charge >= 0.3 is 0 Å². The van der Waals surface area contributed by atoms with E-state index < -0.39 is 0 Å². The zero-order valence-corrected chi connectivity index (χ0v) is 26.5. The SMILES string of the molecule is Fc1ccc(-c2cccc3c(-c4ccc5c6c(cccc46)-c4c-5c(-c5ccccc5)c5ccccc5c4-c4ccccc4)nccc23)cc1. The van der Waals surface area contributed by atoms with Gasteiger partial charge in [0.05, 0.1) is 5.69 Å². The van der Waals surface area contributed by atoms with Gasteiger partial charge in [0.25, 0.3) is 0 Å². The van der Waals surface area contributed by atoms with E-state index in [2.05, 4.69) is 140 Å². The van der Waals surface area contributed by atoms with Gasteiger partial charge in [0.1, 0.15) is 5.82 Å². The molecule has 2 heteroatoms. The quantitative estimate of drug-likeness (QED) is 0.190. The molecule has 0 saturated heterocycles. The molecule has 0 spiro atoms. The Balaban J connectivity index is 1.30. The summed E-state index contributed by atoms with van der Waals surface area (Å²) in [5.74, 6) is -0.237. The third-order valence-electron chi connectivity index (χ3n) is 10.1. The molecule has 1 aliphatic rings. The van der Waals surface area contributed by atoms with Crippen molar-refractivity contribution in [1.82, 2.24) is 4.98 Å². The number of rotatable bonds is 4. The lowest BCUT2D eigenvalue weighted by Gasteiger charge is -2.20. The van der Waals surface area contributed by atoms with Crippen molar-refractivity contribution in [3.05, 3.63) is 176 Å². The number of pyridine rings is 1. The van der Waals surface area contributed by atoms with Gasteiger partial charge in [-0.1, -0.05) is 146 Å². The minimum Gasteiger partial charge on any atom is -0.256 e. The molecule has 0 N–H and O–H groups in total. The van der Waals surface area contributed by atoms with Crippen LogP contribution in [0.1, 0.15) is 0 Å². The van der Waals surface area contributed by atoms with Crippen molar-refractivity contribution >= 4 is 32.3 Å². The van der Waals surface area contributed by atoms with Crippen LogP contribution in [0.25, 0.3) is 99.2 Å². The molecule has 0 saturated carbocycles. The third-order valence-corrected chi connectivity index (χ3v) is 10.1. The molecule has 8 aromatic carbocycles. The fourth-order valence-corrected chi connectivity index (χ4v) is 8.12. The van der Waals surface area contributed by atoms with Crippen LogP contribution in [-0.4, -0.2) is 4.98 Å². The first-order chi connectivity index (χ1) is 24.3. The smallest absolute Gasteiger partial charge is 0.123 e. The highest BCUT2D eigenvalue weighted by atomic mass is 19.1. The number of halogens is 1. The van der Waals surface area contributed by atoms with Gasteiger partial charge in [0, 0.05) is 17.1 Å². The monoisotopic (exact) mass is 625 g/mol. The maximum Gasteiger partial charge on any atom is 0.123 e. The zero-order valence-electron chi connectivity index (χ0n) is 26.5. The Labute approximate surface area is 283 Å². The molecule has 0 radical (unpaired) electrons. The minimum absolute atomic E-state index is 0.237. The first kappa shape index (κ1) is 27.7. The first-order valence-corrected chi connectivity index (χ1v) is 16.7. The van der Waals surface area contributed by atoms with E-state index in [1.165, 1.54) is 78.2 Å². The molecule has 10 rings (SSSR count). The molecule has 0 atom stereocenters. The normalized spacial score (nSPS) is 11.8. The summed E-state index contributed by atoms with van der Waals surface area (Å²) in [4.78, 5) is 5.02. The molecule has 0 unspecified atom stereocenters. The second-order valence-electron chi connectivity index (χ2n) is 12.7.